The van der Waals surface area contributed by atoms with Crippen LogP contribution >= 0.6 is 0 Å². The fraction of sp³-hybridized carbons (Fsp3) is 0.471. The fourth-order valence-electron chi connectivity index (χ4n) is 3.27. The molecule has 1 aromatic carbocycles. The van der Waals surface area contributed by atoms with Crippen molar-refractivity contribution in [3.8, 4) is 11.5 Å². The third-order valence-electron chi connectivity index (χ3n) is 4.57. The van der Waals surface area contributed by atoms with Gasteiger partial charge in [-0.05, 0) is 12.1 Å². The lowest BCUT2D eigenvalue weighted by molar-refractivity contribution is -0.905. The molecule has 1 heterocycles. The van der Waals surface area contributed by atoms with Gasteiger partial charge in [-0.3, -0.25) is 4.79 Å². The van der Waals surface area contributed by atoms with E-state index in [2.05, 4.69) is 11.9 Å². The Morgan fingerprint density at radius 1 is 1.42 bits per heavy atom. The van der Waals surface area contributed by atoms with Crippen LogP contribution < -0.4 is 24.8 Å². The number of methoxy groups -OCH3 is 2. The molecule has 26 heavy (non-hydrogen) atoms. The second-order valence-electron chi connectivity index (χ2n) is 6.20. The van der Waals surface area contributed by atoms with Crippen LogP contribution in [0.1, 0.15) is 23.2 Å². The second-order valence-corrected chi connectivity index (χ2v) is 7.76. The third-order valence-corrected chi connectivity index (χ3v) is 5.46. The van der Waals surface area contributed by atoms with Crippen molar-refractivity contribution in [2.24, 2.45) is 5.14 Å². The predicted molar refractivity (Wildman–Crippen MR) is 97.2 cm³/mol. The molecule has 1 aliphatic rings. The first-order chi connectivity index (χ1) is 12.3. The Bertz CT molecular complexity index is 779. The zero-order valence-electron chi connectivity index (χ0n) is 15.1. The molecule has 4 N–H and O–H groups in total. The van der Waals surface area contributed by atoms with Crippen molar-refractivity contribution >= 4 is 15.9 Å². The van der Waals surface area contributed by atoms with Crippen molar-refractivity contribution in [1.82, 2.24) is 5.32 Å². The van der Waals surface area contributed by atoms with Crippen LogP contribution in [0, 0.1) is 0 Å². The highest BCUT2D eigenvalue weighted by Crippen LogP contribution is 2.33. The van der Waals surface area contributed by atoms with Gasteiger partial charge < -0.3 is 19.7 Å². The van der Waals surface area contributed by atoms with E-state index in [0.29, 0.717) is 12.6 Å². The van der Waals surface area contributed by atoms with E-state index in [-0.39, 0.29) is 22.0 Å². The van der Waals surface area contributed by atoms with Gasteiger partial charge in [-0.1, -0.05) is 6.58 Å². The second kappa shape index (κ2) is 8.52. The van der Waals surface area contributed by atoms with Crippen molar-refractivity contribution in [1.29, 1.82) is 0 Å². The van der Waals surface area contributed by atoms with Gasteiger partial charge in [-0.25, -0.2) is 13.6 Å². The number of primary sulfonamides is 1. The first-order valence-corrected chi connectivity index (χ1v) is 9.89. The van der Waals surface area contributed by atoms with Gasteiger partial charge in [0.2, 0.25) is 10.0 Å². The molecule has 1 saturated heterocycles. The van der Waals surface area contributed by atoms with Gasteiger partial charge in [0, 0.05) is 18.9 Å². The van der Waals surface area contributed by atoms with Crippen LogP contribution in [0.2, 0.25) is 0 Å². The number of nitrogens with two attached hydrogens (primary N) is 1. The van der Waals surface area contributed by atoms with Gasteiger partial charge in [0.05, 0.1) is 44.3 Å². The Balaban J connectivity index is 2.25. The minimum Gasteiger partial charge on any atom is -0.493 e. The smallest absolute Gasteiger partial charge is 0.255 e. The number of amides is 1. The van der Waals surface area contributed by atoms with Crippen molar-refractivity contribution < 1.29 is 27.6 Å². The highest BCUT2D eigenvalue weighted by Gasteiger charge is 2.29. The fourth-order valence-corrected chi connectivity index (χ4v) is 3.82. The monoisotopic (exact) mass is 384 g/mol. The third kappa shape index (κ3) is 4.54. The molecule has 2 rings (SSSR count). The van der Waals surface area contributed by atoms with E-state index in [1.165, 1.54) is 31.3 Å². The van der Waals surface area contributed by atoms with E-state index >= 15 is 0 Å². The van der Waals surface area contributed by atoms with E-state index in [0.717, 1.165) is 25.9 Å². The molecule has 144 valence electrons. The number of sulfonamides is 1. The predicted octanol–water partition coefficient (Wildman–Crippen LogP) is -0.686. The molecule has 0 saturated carbocycles. The van der Waals surface area contributed by atoms with Gasteiger partial charge in [-0.2, -0.15) is 0 Å². The summed E-state index contributed by atoms with van der Waals surface area (Å²) in [6, 6.07) is 2.73. The van der Waals surface area contributed by atoms with Crippen LogP contribution in [0.3, 0.4) is 0 Å². The molecule has 1 amide bonds. The standard InChI is InChI=1S/C17H25N3O5S/c1-4-7-20-8-5-6-12(20)11-19-17(21)14-9-13(26(18,22)23)10-15(24-2)16(14)25-3/h4,9-10,12H,1,5-8,11H2,2-3H3,(H,19,21)(H2,18,22,23)/p+1/t12-/m0/s1. The largest absolute Gasteiger partial charge is 0.493 e. The van der Waals surface area contributed by atoms with E-state index in [1.54, 1.807) is 0 Å². The molecule has 0 bridgehead atoms. The number of hydrogen-bond acceptors (Lipinski definition) is 5. The minimum absolute atomic E-state index is 0.0687. The summed E-state index contributed by atoms with van der Waals surface area (Å²) in [5.74, 6) is -0.140. The number of likely N-dealkylation sites (tertiary alicyclic amines) is 1. The summed E-state index contributed by atoms with van der Waals surface area (Å²) in [6.07, 6.45) is 3.99. The Kier molecular flexibility index (Phi) is 6.63. The quantitative estimate of drug-likeness (QED) is 0.514. The summed E-state index contributed by atoms with van der Waals surface area (Å²) in [4.78, 5) is 13.9. The lowest BCUT2D eigenvalue weighted by Crippen LogP contribution is -3.14. The molecular weight excluding hydrogens is 358 g/mol. The maximum atomic E-state index is 12.7. The number of carbonyl (C=O) groups excluding carboxylic acids is 1. The normalized spacial score (nSPS) is 19.8. The average molecular weight is 384 g/mol. The molecule has 0 aliphatic carbocycles. The average Bonchev–Trinajstić information content (AvgIpc) is 3.05. The van der Waals surface area contributed by atoms with E-state index < -0.39 is 15.9 Å². The molecule has 1 aromatic rings. The Morgan fingerprint density at radius 3 is 2.73 bits per heavy atom. The molecule has 0 spiro atoms. The van der Waals surface area contributed by atoms with Crippen LogP contribution in [-0.4, -0.2) is 54.2 Å². The van der Waals surface area contributed by atoms with Crippen LogP contribution in [-0.2, 0) is 10.0 Å². The first-order valence-electron chi connectivity index (χ1n) is 8.34. The zero-order valence-corrected chi connectivity index (χ0v) is 15.9. The Hall–Kier alpha value is -2.10. The highest BCUT2D eigenvalue weighted by molar-refractivity contribution is 7.89. The van der Waals surface area contributed by atoms with Gasteiger partial charge >= 0.3 is 0 Å². The van der Waals surface area contributed by atoms with Crippen LogP contribution in [0.4, 0.5) is 0 Å². The van der Waals surface area contributed by atoms with Crippen LogP contribution in [0.25, 0.3) is 0 Å². The number of rotatable bonds is 8. The van der Waals surface area contributed by atoms with Gasteiger partial charge in [0.15, 0.2) is 11.5 Å². The molecule has 2 atom stereocenters. The maximum Gasteiger partial charge on any atom is 0.255 e. The summed E-state index contributed by atoms with van der Waals surface area (Å²) < 4.78 is 33.8. The number of hydrogen-bond donors (Lipinski definition) is 3. The molecule has 1 aliphatic heterocycles. The number of carbonyl (C=O) groups is 1. The highest BCUT2D eigenvalue weighted by atomic mass is 32.2. The van der Waals surface area contributed by atoms with Crippen LogP contribution in [0.15, 0.2) is 29.7 Å². The molecule has 1 fully saturated rings. The summed E-state index contributed by atoms with van der Waals surface area (Å²) in [7, 11) is -1.24. The molecule has 1 unspecified atom stereocenters. The van der Waals surface area contributed by atoms with Crippen molar-refractivity contribution in [2.75, 3.05) is 33.9 Å². The van der Waals surface area contributed by atoms with E-state index in [9.17, 15) is 13.2 Å². The molecular formula is C17H26N3O5S+. The number of benzene rings is 1. The summed E-state index contributed by atoms with van der Waals surface area (Å²) in [5.41, 5.74) is 0.0687. The summed E-state index contributed by atoms with van der Waals surface area (Å²) in [5, 5.41) is 8.07. The summed E-state index contributed by atoms with van der Waals surface area (Å²) >= 11 is 0. The van der Waals surface area contributed by atoms with Crippen molar-refractivity contribution in [3.05, 3.63) is 30.4 Å². The number of nitrogens with one attached hydrogen (secondary N) is 2. The Labute approximate surface area is 154 Å². The minimum atomic E-state index is -3.99. The molecule has 0 radical (unpaired) electrons. The molecule has 8 nitrogen and oxygen atoms in total. The zero-order chi connectivity index (χ0) is 19.3. The molecule has 9 heteroatoms. The van der Waals surface area contributed by atoms with Gasteiger partial charge in [0.25, 0.3) is 5.91 Å². The first kappa shape index (κ1) is 20.2. The van der Waals surface area contributed by atoms with Crippen molar-refractivity contribution in [2.45, 2.75) is 23.8 Å². The Morgan fingerprint density at radius 2 is 2.15 bits per heavy atom. The van der Waals surface area contributed by atoms with E-state index in [1.807, 2.05) is 6.08 Å². The lowest BCUT2D eigenvalue weighted by atomic mass is 10.1. The van der Waals surface area contributed by atoms with Crippen LogP contribution in [0.5, 0.6) is 11.5 Å². The van der Waals surface area contributed by atoms with Gasteiger partial charge in [-0.15, -0.1) is 0 Å². The van der Waals surface area contributed by atoms with Gasteiger partial charge in [0.1, 0.15) is 6.04 Å². The van der Waals surface area contributed by atoms with E-state index in [4.69, 9.17) is 14.6 Å². The molecule has 0 aromatic heterocycles. The summed E-state index contributed by atoms with van der Waals surface area (Å²) in [6.45, 7) is 6.14. The number of quaternary nitrogens is 1. The van der Waals surface area contributed by atoms with Crippen molar-refractivity contribution in [3.63, 3.8) is 0 Å². The number of ether oxygens (including phenoxy) is 2. The lowest BCUT2D eigenvalue weighted by Gasteiger charge is -2.21. The maximum absolute atomic E-state index is 12.7. The topological polar surface area (TPSA) is 112 Å². The SMILES string of the molecule is C=CC[NH+]1CCC[C@H]1CNC(=O)c1cc(S(N)(=O)=O)cc(OC)c1OC.